The van der Waals surface area contributed by atoms with E-state index < -0.39 is 0 Å². The quantitative estimate of drug-likeness (QED) is 0.0765. The Hall–Kier alpha value is -2.65. The first-order valence-corrected chi connectivity index (χ1v) is 13.8. The molecule has 0 aliphatic heterocycles. The molecule has 4 rings (SSSR count). The number of anilines is 2. The number of carbonyl (C=O) groups excluding carboxylic acids is 1. The van der Waals surface area contributed by atoms with Crippen LogP contribution in [0.4, 0.5) is 11.1 Å². The lowest BCUT2D eigenvalue weighted by Gasteiger charge is -2.03. The molecule has 0 bridgehead atoms. The molecule has 180 valence electrons. The topological polar surface area (TPSA) is 136 Å². The van der Waals surface area contributed by atoms with Gasteiger partial charge in [-0.05, 0) is 35.4 Å². The Morgan fingerprint density at radius 3 is 2.80 bits per heavy atom. The second kappa shape index (κ2) is 12.4. The van der Waals surface area contributed by atoms with Crippen molar-refractivity contribution in [2.75, 3.05) is 22.3 Å². The number of carbonyl (C=O) groups is 1. The number of nitrogen functional groups attached to an aromatic ring is 1. The fourth-order valence-electron chi connectivity index (χ4n) is 2.54. The Labute approximate surface area is 226 Å². The van der Waals surface area contributed by atoms with E-state index in [1.165, 1.54) is 16.0 Å². The molecule has 10 nitrogen and oxygen atoms in total. The van der Waals surface area contributed by atoms with E-state index in [9.17, 15) is 4.79 Å². The van der Waals surface area contributed by atoms with Crippen molar-refractivity contribution < 1.29 is 4.79 Å². The molecule has 35 heavy (non-hydrogen) atoms. The Morgan fingerprint density at radius 1 is 1.17 bits per heavy atom. The van der Waals surface area contributed by atoms with Gasteiger partial charge in [0.15, 0.2) is 4.34 Å². The van der Waals surface area contributed by atoms with Gasteiger partial charge in [0.2, 0.25) is 16.2 Å². The van der Waals surface area contributed by atoms with Crippen LogP contribution in [0.25, 0.3) is 0 Å². The second-order valence-electron chi connectivity index (χ2n) is 6.73. The van der Waals surface area contributed by atoms with Gasteiger partial charge in [0.1, 0.15) is 0 Å². The van der Waals surface area contributed by atoms with Crippen LogP contribution in [0, 0.1) is 0 Å². The van der Waals surface area contributed by atoms with E-state index in [0.29, 0.717) is 15.3 Å². The molecule has 0 atom stereocenters. The maximum atomic E-state index is 12.3. The highest BCUT2D eigenvalue weighted by atomic mass is 79.9. The lowest BCUT2D eigenvalue weighted by molar-refractivity contribution is -0.113. The molecule has 0 saturated heterocycles. The smallest absolute Gasteiger partial charge is 0.264 e. The van der Waals surface area contributed by atoms with Crippen LogP contribution in [0.1, 0.15) is 11.1 Å². The number of nitrogens with zero attached hydrogens (tertiary/aromatic N) is 6. The van der Waals surface area contributed by atoms with Gasteiger partial charge in [0.25, 0.3) is 5.95 Å². The van der Waals surface area contributed by atoms with Crippen LogP contribution >= 0.6 is 62.4 Å². The highest BCUT2D eigenvalue weighted by Crippen LogP contribution is 2.29. The first-order chi connectivity index (χ1) is 17.0. The van der Waals surface area contributed by atoms with Gasteiger partial charge in [0, 0.05) is 15.2 Å². The molecular weight excluding hydrogens is 594 g/mol. The third-order valence-corrected chi connectivity index (χ3v) is 7.88. The zero-order valence-electron chi connectivity index (χ0n) is 17.8. The van der Waals surface area contributed by atoms with Crippen molar-refractivity contribution >= 4 is 85.6 Å². The Morgan fingerprint density at radius 2 is 2.00 bits per heavy atom. The molecule has 0 aliphatic rings. The van der Waals surface area contributed by atoms with Crippen LogP contribution in [0.5, 0.6) is 0 Å². The summed E-state index contributed by atoms with van der Waals surface area (Å²) in [4.78, 5) is 12.3. The highest BCUT2D eigenvalue weighted by Gasteiger charge is 2.14. The Bertz CT molecular complexity index is 1330. The number of aromatic nitrogens is 5. The molecule has 4 aromatic rings. The lowest BCUT2D eigenvalue weighted by Crippen LogP contribution is -2.16. The lowest BCUT2D eigenvalue weighted by atomic mass is 10.2. The second-order valence-corrected chi connectivity index (χ2v) is 11.2. The molecule has 0 spiro atoms. The average Bonchev–Trinajstić information content (AvgIpc) is 3.44. The van der Waals surface area contributed by atoms with Gasteiger partial charge in [-0.15, -0.1) is 20.4 Å². The first-order valence-electron chi connectivity index (χ1n) is 9.85. The molecule has 4 N–H and O–H groups in total. The first kappa shape index (κ1) is 25.4. The Balaban J connectivity index is 1.23. The van der Waals surface area contributed by atoms with Crippen molar-refractivity contribution in [3.63, 3.8) is 0 Å². The summed E-state index contributed by atoms with van der Waals surface area (Å²) in [5.74, 6) is 6.80. The fourth-order valence-corrected chi connectivity index (χ4v) is 5.48. The number of hydrazone groups is 1. The number of amides is 1. The molecule has 2 aromatic carbocycles. The largest absolute Gasteiger partial charge is 0.334 e. The molecule has 1 amide bonds. The summed E-state index contributed by atoms with van der Waals surface area (Å²) in [6, 6.07) is 15.2. The zero-order chi connectivity index (χ0) is 24.6. The third-order valence-electron chi connectivity index (χ3n) is 4.15. The van der Waals surface area contributed by atoms with Crippen LogP contribution in [0.3, 0.4) is 0 Å². The number of nitrogens with one attached hydrogen (secondary N) is 2. The summed E-state index contributed by atoms with van der Waals surface area (Å²) in [7, 11) is 0. The average molecular weight is 611 g/mol. The van der Waals surface area contributed by atoms with Crippen molar-refractivity contribution in [1.82, 2.24) is 25.1 Å². The van der Waals surface area contributed by atoms with E-state index in [4.69, 9.17) is 17.4 Å². The van der Waals surface area contributed by atoms with Crippen molar-refractivity contribution in [1.29, 1.82) is 0 Å². The van der Waals surface area contributed by atoms with E-state index in [1.807, 2.05) is 30.3 Å². The van der Waals surface area contributed by atoms with Crippen LogP contribution in [-0.2, 0) is 10.5 Å². The number of nitrogens with two attached hydrogens (primary N) is 1. The summed E-state index contributed by atoms with van der Waals surface area (Å²) in [5, 5.41) is 24.3. The Kier molecular flexibility index (Phi) is 8.98. The fraction of sp³-hybridized carbons (Fsp3) is 0.100. The van der Waals surface area contributed by atoms with Gasteiger partial charge in [-0.25, -0.2) is 10.1 Å². The van der Waals surface area contributed by atoms with Crippen LogP contribution in [0.15, 0.2) is 67.6 Å². The predicted octanol–water partition coefficient (Wildman–Crippen LogP) is 4.73. The van der Waals surface area contributed by atoms with Crippen LogP contribution in [0.2, 0.25) is 5.02 Å². The number of rotatable bonds is 10. The summed E-state index contributed by atoms with van der Waals surface area (Å²) < 4.78 is 3.02. The third kappa shape index (κ3) is 7.67. The van der Waals surface area contributed by atoms with E-state index in [2.05, 4.69) is 58.2 Å². The van der Waals surface area contributed by atoms with Crippen molar-refractivity contribution in [2.24, 2.45) is 5.10 Å². The molecule has 0 saturated carbocycles. The predicted molar refractivity (Wildman–Crippen MR) is 146 cm³/mol. The van der Waals surface area contributed by atoms with Crippen molar-refractivity contribution in [3.05, 3.63) is 69.2 Å². The minimum absolute atomic E-state index is 0.0729. The van der Waals surface area contributed by atoms with Crippen LogP contribution < -0.4 is 16.6 Å². The molecule has 0 aliphatic carbocycles. The molecule has 2 heterocycles. The van der Waals surface area contributed by atoms with Gasteiger partial charge >= 0.3 is 0 Å². The standard InChI is InChI=1S/C20H17BrClN9OS3/c21-14-3-1-2-13(8-14)10-34-20-30-28-18(35-20)25-16(32)11-33-19-29-27-17(31(19)23)26-24-9-12-4-6-15(22)7-5-12/h1-9H,10-11,23H2,(H,26,27)(H,25,28,32)/b24-9+. The maximum Gasteiger partial charge on any atom is 0.264 e. The minimum atomic E-state index is -0.257. The summed E-state index contributed by atoms with van der Waals surface area (Å²) in [6.45, 7) is 0. The van der Waals surface area contributed by atoms with Gasteiger partial charge in [-0.3, -0.25) is 10.1 Å². The normalized spacial score (nSPS) is 11.1. The number of hydrogen-bond acceptors (Lipinski definition) is 11. The van der Waals surface area contributed by atoms with Gasteiger partial charge in [0.05, 0.1) is 12.0 Å². The monoisotopic (exact) mass is 609 g/mol. The highest BCUT2D eigenvalue weighted by molar-refractivity contribution is 9.10. The van der Waals surface area contributed by atoms with E-state index in [-0.39, 0.29) is 17.6 Å². The molecular formula is C20H17BrClN9OS3. The molecule has 0 fully saturated rings. The molecule has 15 heteroatoms. The van der Waals surface area contributed by atoms with Gasteiger partial charge in [-0.1, -0.05) is 86.7 Å². The summed E-state index contributed by atoms with van der Waals surface area (Å²) in [6.07, 6.45) is 1.60. The molecule has 0 unspecified atom stereocenters. The van der Waals surface area contributed by atoms with E-state index >= 15 is 0 Å². The molecule has 0 radical (unpaired) electrons. The summed E-state index contributed by atoms with van der Waals surface area (Å²) >= 11 is 13.3. The van der Waals surface area contributed by atoms with Gasteiger partial charge in [-0.2, -0.15) is 5.10 Å². The minimum Gasteiger partial charge on any atom is -0.334 e. The number of thioether (sulfide) groups is 2. The maximum absolute atomic E-state index is 12.3. The molecule has 2 aromatic heterocycles. The van der Waals surface area contributed by atoms with E-state index in [0.717, 1.165) is 37.5 Å². The number of halogens is 2. The van der Waals surface area contributed by atoms with E-state index in [1.54, 1.807) is 30.1 Å². The van der Waals surface area contributed by atoms with Gasteiger partial charge < -0.3 is 5.84 Å². The van der Waals surface area contributed by atoms with Crippen molar-refractivity contribution in [3.8, 4) is 0 Å². The van der Waals surface area contributed by atoms with Crippen molar-refractivity contribution in [2.45, 2.75) is 15.2 Å². The SMILES string of the molecule is Nn1c(N/N=C/c2ccc(Cl)cc2)nnc1SCC(=O)Nc1nnc(SCc2cccc(Br)c2)s1. The zero-order valence-corrected chi connectivity index (χ0v) is 22.6. The van der Waals surface area contributed by atoms with Crippen LogP contribution in [-0.4, -0.2) is 42.9 Å². The summed E-state index contributed by atoms with van der Waals surface area (Å²) in [5.41, 5.74) is 4.73. The number of hydrogen-bond donors (Lipinski definition) is 3. The number of benzene rings is 2.